The Hall–Kier alpha value is -2.84. The molecule has 4 rings (SSSR count). The van der Waals surface area contributed by atoms with Gasteiger partial charge in [-0.1, -0.05) is 6.07 Å². The van der Waals surface area contributed by atoms with E-state index in [-0.39, 0.29) is 11.8 Å². The van der Waals surface area contributed by atoms with E-state index in [0.29, 0.717) is 6.61 Å². The second-order valence-corrected chi connectivity index (χ2v) is 6.51. The van der Waals surface area contributed by atoms with Crippen molar-refractivity contribution in [2.24, 2.45) is 5.92 Å². The van der Waals surface area contributed by atoms with E-state index in [1.54, 1.807) is 16.9 Å². The lowest BCUT2D eigenvalue weighted by atomic mass is 9.98. The van der Waals surface area contributed by atoms with Crippen molar-refractivity contribution in [3.8, 4) is 5.88 Å². The molecular weight excluding hydrogens is 359 g/mol. The average molecular weight is 377 g/mol. The molecule has 0 saturated carbocycles. The van der Waals surface area contributed by atoms with Gasteiger partial charge in [-0.05, 0) is 30.9 Å². The number of nitrogens with zero attached hydrogens (tertiary/aromatic N) is 5. The fourth-order valence-corrected chi connectivity index (χ4v) is 3.25. The van der Waals surface area contributed by atoms with Crippen molar-refractivity contribution in [3.05, 3.63) is 48.5 Å². The van der Waals surface area contributed by atoms with E-state index in [4.69, 9.17) is 4.74 Å². The van der Waals surface area contributed by atoms with Gasteiger partial charge in [0.05, 0.1) is 12.8 Å². The van der Waals surface area contributed by atoms with Gasteiger partial charge in [0.1, 0.15) is 11.2 Å². The molecule has 0 atom stereocenters. The average Bonchev–Trinajstić information content (AvgIpc) is 3.15. The normalized spacial score (nSPS) is 16.0. The smallest absolute Gasteiger partial charge is 0.433 e. The SMILES string of the molecule is FC(F)(F)c1cccc(OCC2CCN(c3nccn4nccc34)CC2)n1. The molecule has 27 heavy (non-hydrogen) atoms. The number of halogens is 3. The minimum atomic E-state index is -4.47. The van der Waals surface area contributed by atoms with Gasteiger partial charge in [0.15, 0.2) is 5.82 Å². The van der Waals surface area contributed by atoms with Crippen LogP contribution < -0.4 is 9.64 Å². The van der Waals surface area contributed by atoms with E-state index >= 15 is 0 Å². The first-order chi connectivity index (χ1) is 13.0. The van der Waals surface area contributed by atoms with Gasteiger partial charge in [0.25, 0.3) is 0 Å². The Kier molecular flexibility index (Phi) is 4.59. The molecule has 1 fully saturated rings. The van der Waals surface area contributed by atoms with E-state index in [0.717, 1.165) is 43.3 Å². The summed E-state index contributed by atoms with van der Waals surface area (Å²) in [7, 11) is 0. The molecule has 0 bridgehead atoms. The van der Waals surface area contributed by atoms with Crippen molar-refractivity contribution in [1.29, 1.82) is 0 Å². The molecule has 0 unspecified atom stereocenters. The Balaban J connectivity index is 1.34. The molecule has 142 valence electrons. The van der Waals surface area contributed by atoms with Crippen LogP contribution in [0, 0.1) is 5.92 Å². The van der Waals surface area contributed by atoms with Crippen LogP contribution in [-0.4, -0.2) is 39.3 Å². The lowest BCUT2D eigenvalue weighted by Crippen LogP contribution is -2.36. The highest BCUT2D eigenvalue weighted by Gasteiger charge is 2.32. The van der Waals surface area contributed by atoms with Gasteiger partial charge in [-0.25, -0.2) is 14.5 Å². The quantitative estimate of drug-likeness (QED) is 0.697. The van der Waals surface area contributed by atoms with Crippen molar-refractivity contribution in [1.82, 2.24) is 19.6 Å². The summed E-state index contributed by atoms with van der Waals surface area (Å²) in [5.41, 5.74) is 0.0233. The summed E-state index contributed by atoms with van der Waals surface area (Å²) in [6.45, 7) is 1.97. The molecule has 0 aromatic carbocycles. The molecule has 0 aliphatic carbocycles. The second kappa shape index (κ2) is 7.05. The monoisotopic (exact) mass is 377 g/mol. The standard InChI is InChI=1S/C18H18F3N5O/c19-18(20,21)15-2-1-3-16(24-15)27-12-13-5-9-25(10-6-13)17-14-4-7-23-26(14)11-8-22-17/h1-4,7-8,11,13H,5-6,9-10,12H2. The molecule has 0 N–H and O–H groups in total. The van der Waals surface area contributed by atoms with E-state index in [9.17, 15) is 13.2 Å². The molecular formula is C18H18F3N5O. The predicted molar refractivity (Wildman–Crippen MR) is 92.7 cm³/mol. The van der Waals surface area contributed by atoms with E-state index in [2.05, 4.69) is 20.0 Å². The van der Waals surface area contributed by atoms with E-state index in [1.807, 2.05) is 12.3 Å². The van der Waals surface area contributed by atoms with E-state index in [1.165, 1.54) is 12.1 Å². The van der Waals surface area contributed by atoms with Crippen LogP contribution in [0.25, 0.3) is 5.52 Å². The Bertz CT molecular complexity index is 919. The Morgan fingerprint density at radius 2 is 1.93 bits per heavy atom. The van der Waals surface area contributed by atoms with Crippen LogP contribution in [0.15, 0.2) is 42.9 Å². The van der Waals surface area contributed by atoms with Crippen molar-refractivity contribution >= 4 is 11.3 Å². The van der Waals surface area contributed by atoms with Gasteiger partial charge >= 0.3 is 6.18 Å². The largest absolute Gasteiger partial charge is 0.477 e. The van der Waals surface area contributed by atoms with Crippen LogP contribution in [0.2, 0.25) is 0 Å². The van der Waals surface area contributed by atoms with Crippen LogP contribution in [0.1, 0.15) is 18.5 Å². The zero-order valence-corrected chi connectivity index (χ0v) is 14.4. The van der Waals surface area contributed by atoms with E-state index < -0.39 is 11.9 Å². The summed E-state index contributed by atoms with van der Waals surface area (Å²) in [5, 5.41) is 4.22. The maximum atomic E-state index is 12.7. The highest BCUT2D eigenvalue weighted by atomic mass is 19.4. The fraction of sp³-hybridized carbons (Fsp3) is 0.389. The van der Waals surface area contributed by atoms with Gasteiger partial charge in [-0.15, -0.1) is 0 Å². The number of anilines is 1. The van der Waals surface area contributed by atoms with Crippen molar-refractivity contribution in [2.75, 3.05) is 24.6 Å². The number of pyridine rings is 1. The van der Waals surface area contributed by atoms with Crippen LogP contribution >= 0.6 is 0 Å². The molecule has 3 aromatic heterocycles. The fourth-order valence-electron chi connectivity index (χ4n) is 3.25. The number of alkyl halides is 3. The first kappa shape index (κ1) is 17.6. The number of aromatic nitrogens is 4. The highest BCUT2D eigenvalue weighted by molar-refractivity contribution is 5.68. The maximum Gasteiger partial charge on any atom is 0.433 e. The number of piperidine rings is 1. The number of ether oxygens (including phenoxy) is 1. The Labute approximate surface area is 153 Å². The van der Waals surface area contributed by atoms with Crippen molar-refractivity contribution < 1.29 is 17.9 Å². The molecule has 6 nitrogen and oxygen atoms in total. The summed E-state index contributed by atoms with van der Waals surface area (Å²) in [4.78, 5) is 10.2. The van der Waals surface area contributed by atoms with Gasteiger partial charge < -0.3 is 9.64 Å². The third-order valence-electron chi connectivity index (χ3n) is 4.70. The number of rotatable bonds is 4. The zero-order valence-electron chi connectivity index (χ0n) is 14.4. The third kappa shape index (κ3) is 3.81. The van der Waals surface area contributed by atoms with Crippen molar-refractivity contribution in [2.45, 2.75) is 19.0 Å². The molecule has 0 amide bonds. The number of fused-ring (bicyclic) bond motifs is 1. The predicted octanol–water partition coefficient (Wildman–Crippen LogP) is 3.44. The second-order valence-electron chi connectivity index (χ2n) is 6.51. The van der Waals surface area contributed by atoms with Crippen LogP contribution in [0.5, 0.6) is 5.88 Å². The third-order valence-corrected chi connectivity index (χ3v) is 4.70. The summed E-state index contributed by atoms with van der Waals surface area (Å²) < 4.78 is 45.5. The minimum Gasteiger partial charge on any atom is -0.477 e. The molecule has 1 aliphatic rings. The van der Waals surface area contributed by atoms with Crippen LogP contribution in [0.4, 0.5) is 19.0 Å². The molecule has 9 heteroatoms. The Morgan fingerprint density at radius 3 is 2.70 bits per heavy atom. The summed E-state index contributed by atoms with van der Waals surface area (Å²) in [6, 6.07) is 5.63. The topological polar surface area (TPSA) is 55.5 Å². The Morgan fingerprint density at radius 1 is 1.11 bits per heavy atom. The van der Waals surface area contributed by atoms with Crippen molar-refractivity contribution in [3.63, 3.8) is 0 Å². The highest BCUT2D eigenvalue weighted by Crippen LogP contribution is 2.29. The molecule has 3 aromatic rings. The molecule has 0 radical (unpaired) electrons. The lowest BCUT2D eigenvalue weighted by molar-refractivity contribution is -0.141. The summed E-state index contributed by atoms with van der Waals surface area (Å²) in [6.07, 6.45) is 2.55. The summed E-state index contributed by atoms with van der Waals surface area (Å²) in [5.74, 6) is 1.18. The minimum absolute atomic E-state index is 0.0120. The molecule has 1 aliphatic heterocycles. The van der Waals surface area contributed by atoms with Gasteiger partial charge in [-0.2, -0.15) is 18.3 Å². The lowest BCUT2D eigenvalue weighted by Gasteiger charge is -2.32. The molecule has 1 saturated heterocycles. The summed E-state index contributed by atoms with van der Waals surface area (Å²) >= 11 is 0. The molecule has 4 heterocycles. The first-order valence-corrected chi connectivity index (χ1v) is 8.71. The number of hydrogen-bond acceptors (Lipinski definition) is 5. The van der Waals surface area contributed by atoms with Crippen LogP contribution in [-0.2, 0) is 6.18 Å². The first-order valence-electron chi connectivity index (χ1n) is 8.71. The number of hydrogen-bond donors (Lipinski definition) is 0. The maximum absolute atomic E-state index is 12.7. The molecule has 0 spiro atoms. The van der Waals surface area contributed by atoms with Crippen LogP contribution in [0.3, 0.4) is 0 Å². The zero-order chi connectivity index (χ0) is 18.9. The van der Waals surface area contributed by atoms with Gasteiger partial charge in [0.2, 0.25) is 5.88 Å². The van der Waals surface area contributed by atoms with Gasteiger partial charge in [-0.3, -0.25) is 0 Å². The van der Waals surface area contributed by atoms with Gasteiger partial charge in [0, 0.05) is 31.5 Å².